The summed E-state index contributed by atoms with van der Waals surface area (Å²) in [4.78, 5) is 21.4. The molecule has 5 heteroatoms. The molecule has 162 valence electrons. The van der Waals surface area contributed by atoms with Gasteiger partial charge in [0.05, 0.1) is 12.2 Å². The molecule has 2 unspecified atom stereocenters. The Morgan fingerprint density at radius 2 is 1.83 bits per heavy atom. The average molecular weight is 410 g/mol. The van der Waals surface area contributed by atoms with Crippen LogP contribution in [0.5, 0.6) is 0 Å². The van der Waals surface area contributed by atoms with Crippen LogP contribution in [0.15, 0.2) is 18.2 Å². The van der Waals surface area contributed by atoms with Gasteiger partial charge in [0.25, 0.3) is 5.91 Å². The minimum atomic E-state index is 0.203. The lowest BCUT2D eigenvalue weighted by Crippen LogP contribution is -2.48. The summed E-state index contributed by atoms with van der Waals surface area (Å²) in [5.41, 5.74) is 4.86. The monoisotopic (exact) mass is 409 g/mol. The molecule has 3 heterocycles. The van der Waals surface area contributed by atoms with Crippen LogP contribution in [-0.2, 0) is 17.6 Å². The van der Waals surface area contributed by atoms with Crippen LogP contribution in [0, 0.1) is 5.92 Å². The fraction of sp³-hybridized carbons (Fsp3) is 0.640. The van der Waals surface area contributed by atoms with Gasteiger partial charge in [-0.2, -0.15) is 0 Å². The topological polar surface area (TPSA) is 48.6 Å². The van der Waals surface area contributed by atoms with Crippen molar-refractivity contribution in [3.05, 3.63) is 35.0 Å². The predicted molar refractivity (Wildman–Crippen MR) is 120 cm³/mol. The Hall–Kier alpha value is -1.85. The number of piperidine rings is 1. The average Bonchev–Trinajstić information content (AvgIpc) is 3.11. The standard InChI is InChI=1S/C25H35N3O2/c1-17-14-27(15-18(2)30-17)16-19-9-11-28(12-10-19)25(29)20-7-8-24-22(13-20)21-5-3-4-6-23(21)26-24/h7-8,13,17-19,26H,3-6,9-12,14-16H2,1-2H3. The van der Waals surface area contributed by atoms with Gasteiger partial charge in [0.2, 0.25) is 0 Å². The number of carbonyl (C=O) groups excluding carboxylic acids is 1. The first-order chi connectivity index (χ1) is 14.6. The van der Waals surface area contributed by atoms with Crippen LogP contribution in [0.3, 0.4) is 0 Å². The van der Waals surface area contributed by atoms with Crippen LogP contribution < -0.4 is 0 Å². The van der Waals surface area contributed by atoms with Crippen molar-refractivity contribution in [2.45, 2.75) is 64.6 Å². The maximum atomic E-state index is 13.2. The number of nitrogens with one attached hydrogen (secondary N) is 1. The van der Waals surface area contributed by atoms with E-state index in [4.69, 9.17) is 4.74 Å². The van der Waals surface area contributed by atoms with E-state index in [1.165, 1.54) is 35.0 Å². The Bertz CT molecular complexity index is 902. The van der Waals surface area contributed by atoms with E-state index in [0.29, 0.717) is 18.1 Å². The summed E-state index contributed by atoms with van der Waals surface area (Å²) >= 11 is 0. The van der Waals surface area contributed by atoms with Gasteiger partial charge in [0, 0.05) is 54.9 Å². The second kappa shape index (κ2) is 8.35. The highest BCUT2D eigenvalue weighted by atomic mass is 16.5. The molecule has 0 radical (unpaired) electrons. The van der Waals surface area contributed by atoms with Gasteiger partial charge < -0.3 is 14.6 Å². The number of aromatic nitrogens is 1. The number of rotatable bonds is 3. The Labute approximate surface area is 179 Å². The van der Waals surface area contributed by atoms with Gasteiger partial charge in [-0.15, -0.1) is 0 Å². The van der Waals surface area contributed by atoms with Crippen LogP contribution in [0.1, 0.15) is 61.1 Å². The highest BCUT2D eigenvalue weighted by molar-refractivity contribution is 5.99. The third-order valence-electron chi connectivity index (χ3n) is 7.26. The normalized spacial score (nSPS) is 26.1. The quantitative estimate of drug-likeness (QED) is 0.833. The van der Waals surface area contributed by atoms with E-state index in [1.54, 1.807) is 0 Å². The molecule has 30 heavy (non-hydrogen) atoms. The van der Waals surface area contributed by atoms with Gasteiger partial charge in [-0.1, -0.05) is 0 Å². The molecule has 3 aliphatic rings. The molecule has 2 aliphatic heterocycles. The molecule has 2 saturated heterocycles. The van der Waals surface area contributed by atoms with Crippen molar-refractivity contribution in [3.63, 3.8) is 0 Å². The van der Waals surface area contributed by atoms with Crippen molar-refractivity contribution in [1.82, 2.24) is 14.8 Å². The largest absolute Gasteiger partial charge is 0.373 e. The number of benzene rings is 1. The van der Waals surface area contributed by atoms with E-state index < -0.39 is 0 Å². The molecule has 2 aromatic rings. The van der Waals surface area contributed by atoms with Gasteiger partial charge in [-0.05, 0) is 82.1 Å². The molecule has 0 saturated carbocycles. The molecule has 5 rings (SSSR count). The van der Waals surface area contributed by atoms with Crippen LogP contribution >= 0.6 is 0 Å². The van der Waals surface area contributed by atoms with Crippen molar-refractivity contribution in [2.24, 2.45) is 5.92 Å². The van der Waals surface area contributed by atoms with E-state index in [9.17, 15) is 4.79 Å². The Balaban J connectivity index is 1.21. The molecule has 1 aromatic heterocycles. The molecule has 5 nitrogen and oxygen atoms in total. The molecule has 2 fully saturated rings. The van der Waals surface area contributed by atoms with Crippen LogP contribution in [0.25, 0.3) is 10.9 Å². The zero-order valence-corrected chi connectivity index (χ0v) is 18.5. The summed E-state index contributed by atoms with van der Waals surface area (Å²) in [5.74, 6) is 0.889. The van der Waals surface area contributed by atoms with Gasteiger partial charge in [-0.3, -0.25) is 9.69 Å². The minimum absolute atomic E-state index is 0.203. The Morgan fingerprint density at radius 3 is 2.60 bits per heavy atom. The first-order valence-corrected chi connectivity index (χ1v) is 11.9. The lowest BCUT2D eigenvalue weighted by Gasteiger charge is -2.39. The molecule has 0 bridgehead atoms. The number of likely N-dealkylation sites (tertiary alicyclic amines) is 1. The van der Waals surface area contributed by atoms with Crippen molar-refractivity contribution < 1.29 is 9.53 Å². The Morgan fingerprint density at radius 1 is 1.10 bits per heavy atom. The van der Waals surface area contributed by atoms with Crippen molar-refractivity contribution in [3.8, 4) is 0 Å². The lowest BCUT2D eigenvalue weighted by atomic mass is 9.94. The maximum Gasteiger partial charge on any atom is 0.253 e. The summed E-state index contributed by atoms with van der Waals surface area (Å²) in [6.45, 7) is 9.30. The molecule has 2 atom stereocenters. The van der Waals surface area contributed by atoms with Crippen LogP contribution in [-0.4, -0.2) is 65.6 Å². The first kappa shape index (κ1) is 20.1. The van der Waals surface area contributed by atoms with E-state index in [-0.39, 0.29) is 5.91 Å². The first-order valence-electron chi connectivity index (χ1n) is 11.9. The van der Waals surface area contributed by atoms with Gasteiger partial charge in [0.1, 0.15) is 0 Å². The van der Waals surface area contributed by atoms with Crippen molar-refractivity contribution >= 4 is 16.8 Å². The number of nitrogens with zero attached hydrogens (tertiary/aromatic N) is 2. The van der Waals surface area contributed by atoms with Crippen molar-refractivity contribution in [1.29, 1.82) is 0 Å². The van der Waals surface area contributed by atoms with E-state index in [0.717, 1.165) is 64.0 Å². The molecule has 1 aliphatic carbocycles. The number of hydrogen-bond acceptors (Lipinski definition) is 3. The van der Waals surface area contributed by atoms with Crippen molar-refractivity contribution in [2.75, 3.05) is 32.7 Å². The highest BCUT2D eigenvalue weighted by Crippen LogP contribution is 2.30. The smallest absolute Gasteiger partial charge is 0.253 e. The number of fused-ring (bicyclic) bond motifs is 3. The van der Waals surface area contributed by atoms with E-state index in [1.807, 2.05) is 6.07 Å². The summed E-state index contributed by atoms with van der Waals surface area (Å²) in [5, 5.41) is 1.26. The SMILES string of the molecule is CC1CN(CC2CCN(C(=O)c3ccc4[nH]c5c(c4c3)CCCC5)CC2)CC(C)O1. The zero-order chi connectivity index (χ0) is 20.7. The molecule has 1 N–H and O–H groups in total. The maximum absolute atomic E-state index is 13.2. The summed E-state index contributed by atoms with van der Waals surface area (Å²) in [7, 11) is 0. The third kappa shape index (κ3) is 4.02. The molecule has 1 amide bonds. The molecule has 0 spiro atoms. The number of aryl methyl sites for hydroxylation is 2. The number of carbonyl (C=O) groups is 1. The van der Waals surface area contributed by atoms with Crippen LogP contribution in [0.2, 0.25) is 0 Å². The Kier molecular flexibility index (Phi) is 5.59. The van der Waals surface area contributed by atoms with Gasteiger partial charge in [-0.25, -0.2) is 0 Å². The fourth-order valence-corrected chi connectivity index (χ4v) is 5.84. The second-order valence-electron chi connectivity index (χ2n) is 9.76. The lowest BCUT2D eigenvalue weighted by molar-refractivity contribution is -0.0728. The van der Waals surface area contributed by atoms with E-state index >= 15 is 0 Å². The summed E-state index contributed by atoms with van der Waals surface area (Å²) in [6, 6.07) is 6.25. The summed E-state index contributed by atoms with van der Waals surface area (Å²) < 4.78 is 5.87. The molecular formula is C25H35N3O2. The van der Waals surface area contributed by atoms with Gasteiger partial charge in [0.15, 0.2) is 0 Å². The predicted octanol–water partition coefficient (Wildman–Crippen LogP) is 4.01. The fourth-order valence-electron chi connectivity index (χ4n) is 5.84. The molecular weight excluding hydrogens is 374 g/mol. The zero-order valence-electron chi connectivity index (χ0n) is 18.5. The highest BCUT2D eigenvalue weighted by Gasteiger charge is 2.28. The third-order valence-corrected chi connectivity index (χ3v) is 7.26. The number of H-pyrrole nitrogens is 1. The summed E-state index contributed by atoms with van der Waals surface area (Å²) in [6.07, 6.45) is 7.66. The molecule has 1 aromatic carbocycles. The number of amides is 1. The van der Waals surface area contributed by atoms with Crippen LogP contribution in [0.4, 0.5) is 0 Å². The number of hydrogen-bond donors (Lipinski definition) is 1. The second-order valence-corrected chi connectivity index (χ2v) is 9.76. The number of morpholine rings is 1. The van der Waals surface area contributed by atoms with Gasteiger partial charge >= 0.3 is 0 Å². The van der Waals surface area contributed by atoms with E-state index in [2.05, 4.69) is 40.8 Å². The number of ether oxygens (including phenoxy) is 1. The minimum Gasteiger partial charge on any atom is -0.373 e. The number of aromatic amines is 1.